The smallest absolute Gasteiger partial charge is 0.345 e. The molecule has 1 atom stereocenters. The van der Waals surface area contributed by atoms with E-state index in [-0.39, 0.29) is 25.5 Å². The summed E-state index contributed by atoms with van der Waals surface area (Å²) in [6.45, 7) is 8.76. The maximum absolute atomic E-state index is 13.3. The van der Waals surface area contributed by atoms with Crippen molar-refractivity contribution < 1.29 is 27.7 Å². The Morgan fingerprint density at radius 2 is 1.77 bits per heavy atom. The van der Waals surface area contributed by atoms with Gasteiger partial charge in [0.05, 0.1) is 19.6 Å². The lowest BCUT2D eigenvalue weighted by molar-refractivity contribution is -0.154. The summed E-state index contributed by atoms with van der Waals surface area (Å²) in [7, 11) is -3.82. The van der Waals surface area contributed by atoms with Gasteiger partial charge in [0, 0.05) is 11.4 Å². The van der Waals surface area contributed by atoms with Crippen molar-refractivity contribution in [1.29, 1.82) is 0 Å². The van der Waals surface area contributed by atoms with Gasteiger partial charge in [0.1, 0.15) is 5.60 Å². The van der Waals surface area contributed by atoms with Crippen molar-refractivity contribution in [2.45, 2.75) is 58.7 Å². The first-order chi connectivity index (χ1) is 14.1. The van der Waals surface area contributed by atoms with Crippen LogP contribution in [-0.4, -0.2) is 40.6 Å². The normalized spacial score (nSPS) is 13.3. The summed E-state index contributed by atoms with van der Waals surface area (Å²) in [6, 6.07) is 7.27. The van der Waals surface area contributed by atoms with Crippen LogP contribution in [-0.2, 0) is 36.0 Å². The molecule has 0 fully saturated rings. The Labute approximate surface area is 181 Å². The van der Waals surface area contributed by atoms with Crippen LogP contribution >= 0.6 is 19.2 Å². The Bertz CT molecular complexity index is 868. The molecule has 0 radical (unpaired) electrons. The van der Waals surface area contributed by atoms with Crippen LogP contribution in [0.4, 0.5) is 0 Å². The largest absolute Gasteiger partial charge is 0.459 e. The van der Waals surface area contributed by atoms with Gasteiger partial charge >= 0.3 is 13.6 Å². The first kappa shape index (κ1) is 24.5. The molecular formula is C20H28ClN2O6P. The summed E-state index contributed by atoms with van der Waals surface area (Å²) in [5.41, 5.74) is -1.04. The van der Waals surface area contributed by atoms with Crippen LogP contribution in [0.3, 0.4) is 0 Å². The molecule has 0 aliphatic rings. The molecule has 166 valence electrons. The molecule has 0 aliphatic heterocycles. The van der Waals surface area contributed by atoms with E-state index in [1.165, 1.54) is 0 Å². The van der Waals surface area contributed by atoms with Crippen molar-refractivity contribution in [2.75, 3.05) is 13.2 Å². The molecule has 2 rings (SSSR count). The molecule has 30 heavy (non-hydrogen) atoms. The van der Waals surface area contributed by atoms with E-state index >= 15 is 0 Å². The highest BCUT2D eigenvalue weighted by Gasteiger charge is 2.44. The van der Waals surface area contributed by atoms with E-state index in [1.807, 2.05) is 12.1 Å². The fraction of sp³-hybridized carbons (Fsp3) is 0.550. The van der Waals surface area contributed by atoms with Crippen molar-refractivity contribution in [3.63, 3.8) is 0 Å². The zero-order valence-corrected chi connectivity index (χ0v) is 19.5. The van der Waals surface area contributed by atoms with Gasteiger partial charge in [0.2, 0.25) is 5.89 Å². The van der Waals surface area contributed by atoms with Gasteiger partial charge in [0.15, 0.2) is 11.5 Å². The van der Waals surface area contributed by atoms with Crippen molar-refractivity contribution in [1.82, 2.24) is 10.1 Å². The maximum Gasteiger partial charge on any atom is 0.345 e. The zero-order chi connectivity index (χ0) is 22.4. The summed E-state index contributed by atoms with van der Waals surface area (Å²) >= 11 is 5.90. The van der Waals surface area contributed by atoms with E-state index in [0.717, 1.165) is 5.56 Å². The van der Waals surface area contributed by atoms with Gasteiger partial charge in [-0.1, -0.05) is 28.9 Å². The highest BCUT2D eigenvalue weighted by molar-refractivity contribution is 7.55. The van der Waals surface area contributed by atoms with Gasteiger partial charge in [-0.2, -0.15) is 4.98 Å². The third kappa shape index (κ3) is 7.20. The molecule has 0 bridgehead atoms. The fourth-order valence-electron chi connectivity index (χ4n) is 2.67. The maximum atomic E-state index is 13.3. The van der Waals surface area contributed by atoms with Crippen molar-refractivity contribution in [2.24, 2.45) is 0 Å². The topological polar surface area (TPSA) is 101 Å². The predicted molar refractivity (Wildman–Crippen MR) is 113 cm³/mol. The van der Waals surface area contributed by atoms with E-state index in [4.69, 9.17) is 29.9 Å². The second kappa shape index (κ2) is 10.5. The summed E-state index contributed by atoms with van der Waals surface area (Å²) in [6.07, 6.45) is 0.298. The molecule has 0 spiro atoms. The van der Waals surface area contributed by atoms with Gasteiger partial charge in [-0.15, -0.1) is 0 Å². The summed E-state index contributed by atoms with van der Waals surface area (Å²) < 4.78 is 34.8. The molecule has 0 N–H and O–H groups in total. The Morgan fingerprint density at radius 3 is 2.30 bits per heavy atom. The number of hydrogen-bond donors (Lipinski definition) is 0. The lowest BCUT2D eigenvalue weighted by Crippen LogP contribution is -2.34. The lowest BCUT2D eigenvalue weighted by atomic mass is 10.1. The third-order valence-corrected chi connectivity index (χ3v) is 6.48. The predicted octanol–water partition coefficient (Wildman–Crippen LogP) is 4.83. The van der Waals surface area contributed by atoms with Gasteiger partial charge < -0.3 is 18.3 Å². The highest BCUT2D eigenvalue weighted by Crippen LogP contribution is 2.54. The number of benzene rings is 1. The molecule has 0 saturated carbocycles. The van der Waals surface area contributed by atoms with Gasteiger partial charge in [-0.25, -0.2) is 0 Å². The SMILES string of the molecule is CCOP(=O)(OCC)C(Cc1nc(Cc2ccc(Cl)cc2)no1)C(=O)OC(C)(C)C. The van der Waals surface area contributed by atoms with Crippen LogP contribution in [0.1, 0.15) is 51.9 Å². The molecule has 1 unspecified atom stereocenters. The van der Waals surface area contributed by atoms with E-state index in [1.54, 1.807) is 46.8 Å². The van der Waals surface area contributed by atoms with Gasteiger partial charge in [-0.05, 0) is 52.3 Å². The number of carbonyl (C=O) groups excluding carboxylic acids is 1. The Morgan fingerprint density at radius 1 is 1.17 bits per heavy atom. The molecule has 8 nitrogen and oxygen atoms in total. The average Bonchev–Trinajstić information content (AvgIpc) is 3.07. The molecule has 0 saturated heterocycles. The minimum absolute atomic E-state index is 0.113. The minimum atomic E-state index is -3.82. The molecule has 0 aliphatic carbocycles. The number of esters is 1. The van der Waals surface area contributed by atoms with Crippen molar-refractivity contribution in [3.8, 4) is 0 Å². The molecular weight excluding hydrogens is 431 g/mol. The molecule has 2 aromatic rings. The molecule has 1 aromatic heterocycles. The Hall–Kier alpha value is -1.73. The summed E-state index contributed by atoms with van der Waals surface area (Å²) in [4.78, 5) is 17.2. The standard InChI is InChI=1S/C20H28ClN2O6P/c1-6-26-30(25,27-7-2)16(19(24)28-20(3,4)5)13-18-22-17(23-29-18)12-14-8-10-15(21)11-9-14/h8-11,16H,6-7,12-13H2,1-5H3. The third-order valence-electron chi connectivity index (χ3n) is 3.83. The van der Waals surface area contributed by atoms with E-state index in [2.05, 4.69) is 10.1 Å². The summed E-state index contributed by atoms with van der Waals surface area (Å²) in [5.74, 6) is -0.127. The second-order valence-corrected chi connectivity index (χ2v) is 10.2. The number of halogens is 1. The first-order valence-corrected chi connectivity index (χ1v) is 11.7. The number of carbonyl (C=O) groups is 1. The van der Waals surface area contributed by atoms with Crippen molar-refractivity contribution >= 4 is 25.2 Å². The molecule has 10 heteroatoms. The Balaban J connectivity index is 2.24. The average molecular weight is 459 g/mol. The van der Waals surface area contributed by atoms with E-state index < -0.39 is 24.8 Å². The number of aromatic nitrogens is 2. The quantitative estimate of drug-likeness (QED) is 0.368. The minimum Gasteiger partial charge on any atom is -0.459 e. The van der Waals surface area contributed by atoms with E-state index in [0.29, 0.717) is 17.3 Å². The van der Waals surface area contributed by atoms with Crippen molar-refractivity contribution in [3.05, 3.63) is 46.6 Å². The van der Waals surface area contributed by atoms with Crippen LogP contribution < -0.4 is 0 Å². The number of ether oxygens (including phenoxy) is 1. The molecule has 1 aromatic carbocycles. The van der Waals surface area contributed by atoms with Crippen LogP contribution in [0.15, 0.2) is 28.8 Å². The Kier molecular flexibility index (Phi) is 8.62. The summed E-state index contributed by atoms with van der Waals surface area (Å²) in [5, 5.41) is 4.59. The fourth-order valence-corrected chi connectivity index (χ4v) is 4.64. The van der Waals surface area contributed by atoms with Crippen LogP contribution in [0, 0.1) is 0 Å². The molecule has 0 amide bonds. The zero-order valence-electron chi connectivity index (χ0n) is 17.9. The monoisotopic (exact) mass is 458 g/mol. The number of nitrogens with zero attached hydrogens (tertiary/aromatic N) is 2. The van der Waals surface area contributed by atoms with Crippen LogP contribution in [0.2, 0.25) is 5.02 Å². The molecule has 1 heterocycles. The van der Waals surface area contributed by atoms with Crippen LogP contribution in [0.5, 0.6) is 0 Å². The number of hydrogen-bond acceptors (Lipinski definition) is 8. The second-order valence-electron chi connectivity index (χ2n) is 7.54. The first-order valence-electron chi connectivity index (χ1n) is 9.74. The van der Waals surface area contributed by atoms with Gasteiger partial charge in [-0.3, -0.25) is 9.36 Å². The lowest BCUT2D eigenvalue weighted by Gasteiger charge is -2.27. The van der Waals surface area contributed by atoms with Crippen LogP contribution in [0.25, 0.3) is 0 Å². The van der Waals surface area contributed by atoms with Gasteiger partial charge in [0.25, 0.3) is 0 Å². The van der Waals surface area contributed by atoms with E-state index in [9.17, 15) is 9.36 Å². The highest BCUT2D eigenvalue weighted by atomic mass is 35.5. The number of rotatable bonds is 10.